The minimum Gasteiger partial charge on any atom is -0.469 e. The van der Waals surface area contributed by atoms with E-state index < -0.39 is 176 Å². The van der Waals surface area contributed by atoms with Gasteiger partial charge in [-0.25, -0.2) is 8.78 Å². The molecule has 3 aliphatic carbocycles. The third-order valence-electron chi connectivity index (χ3n) is 16.2. The molecule has 0 aliphatic heterocycles. The molecule has 8 atom stereocenters. The van der Waals surface area contributed by atoms with Crippen LogP contribution in [0.25, 0.3) is 0 Å². The van der Waals surface area contributed by atoms with E-state index in [0.29, 0.717) is 19.3 Å². The lowest BCUT2D eigenvalue weighted by molar-refractivity contribution is -0.496. The van der Waals surface area contributed by atoms with E-state index in [4.69, 9.17) is 9.84 Å². The zero-order valence-corrected chi connectivity index (χ0v) is 48.8. The highest BCUT2D eigenvalue weighted by atomic mass is 19.4. The van der Waals surface area contributed by atoms with Crippen LogP contribution in [0.3, 0.4) is 0 Å². The number of methoxy groups -OCH3 is 1. The zero-order valence-electron chi connectivity index (χ0n) is 48.8. The van der Waals surface area contributed by atoms with Crippen LogP contribution in [0.4, 0.5) is 123 Å². The first-order chi connectivity index (χ1) is 39.0. The van der Waals surface area contributed by atoms with Crippen LogP contribution in [0, 0.1) is 45.8 Å². The highest BCUT2D eigenvalue weighted by Crippen LogP contribution is 2.60. The summed E-state index contributed by atoms with van der Waals surface area (Å²) in [7, 11) is 1.42. The van der Waals surface area contributed by atoms with Gasteiger partial charge in [-0.3, -0.25) is 19.1 Å². The predicted octanol–water partition coefficient (Wildman–Crippen LogP) is 15.2. The summed E-state index contributed by atoms with van der Waals surface area (Å²) < 4.78 is 382. The van der Waals surface area contributed by atoms with Gasteiger partial charge in [-0.05, 0) is 124 Å². The summed E-state index contributed by atoms with van der Waals surface area (Å²) in [5.41, 5.74) is -19.4. The fourth-order valence-corrected chi connectivity index (χ4v) is 9.07. The highest BCUT2D eigenvalue weighted by Gasteiger charge is 2.80. The average Bonchev–Trinajstić information content (AvgIpc) is 1.37. The lowest BCUT2D eigenvalue weighted by atomic mass is 9.65. The van der Waals surface area contributed by atoms with Crippen molar-refractivity contribution in [2.75, 3.05) is 13.8 Å². The summed E-state index contributed by atoms with van der Waals surface area (Å²) in [5, 5.41) is 37.6. The Morgan fingerprint density at radius 3 is 1.08 bits per heavy atom. The second-order valence-corrected chi connectivity index (χ2v) is 23.7. The van der Waals surface area contributed by atoms with Gasteiger partial charge in [0.05, 0.1) is 23.4 Å². The number of alkyl halides is 28. The van der Waals surface area contributed by atoms with Gasteiger partial charge in [-0.15, -0.1) is 0 Å². The normalized spacial score (nSPS) is 23.2. The van der Waals surface area contributed by atoms with Gasteiger partial charge in [-0.2, -0.15) is 114 Å². The van der Waals surface area contributed by atoms with E-state index in [1.165, 1.54) is 34.8 Å². The van der Waals surface area contributed by atoms with Gasteiger partial charge in [0.25, 0.3) is 16.8 Å². The Labute approximate surface area is 489 Å². The van der Waals surface area contributed by atoms with Crippen molar-refractivity contribution >= 4 is 17.9 Å². The second kappa shape index (κ2) is 28.1. The standard InChI is InChI=1S/C18H22F12O4.C14H18F10O4.C11H14F6O.C7H14O2/c1-4-12(2,3)11(31)34-10-6-8(13(32,15(19,20)21)16(22,23)24)5-9(7-10)14(33,17(25,26)27)18(28,29)30;1-5-9(2,3)8(25)27-7(6-15)11(17,18)12(26,14(22,23)24)28-10(4,16)13(19,20)21;12-10(13,14)9(18,11(15,16)17)5-8-4-6-1-2-7(8)3-6;1-5-7(2,3)6(8)9-4/h8-10,32-33H,4-7H2,1-3H3;7,26H,5-6H2,1-4H3;6-8,18H,1-5H2;5H2,1-4H3. The van der Waals surface area contributed by atoms with Crippen LogP contribution >= 0.6 is 0 Å². The minimum atomic E-state index is -6.75. The van der Waals surface area contributed by atoms with Crippen LogP contribution in [-0.2, 0) is 33.3 Å². The number of hydrogen-bond donors (Lipinski definition) is 4. The lowest BCUT2D eigenvalue weighted by Gasteiger charge is -2.48. The first kappa shape index (κ1) is 85.2. The van der Waals surface area contributed by atoms with E-state index in [9.17, 15) is 153 Å². The molecule has 530 valence electrons. The Hall–Kier alpha value is -3.75. The van der Waals surface area contributed by atoms with Gasteiger partial charge in [0, 0.05) is 18.8 Å². The van der Waals surface area contributed by atoms with Crippen LogP contribution in [0.5, 0.6) is 0 Å². The number of halogens is 28. The Bertz CT molecular complexity index is 2210. The second-order valence-electron chi connectivity index (χ2n) is 23.7. The number of ether oxygens (including phenoxy) is 4. The van der Waals surface area contributed by atoms with Crippen LogP contribution < -0.4 is 0 Å². The van der Waals surface area contributed by atoms with E-state index in [2.05, 4.69) is 14.2 Å². The summed E-state index contributed by atoms with van der Waals surface area (Å²) in [4.78, 5) is 34.8. The van der Waals surface area contributed by atoms with Crippen LogP contribution in [0.15, 0.2) is 0 Å². The fraction of sp³-hybridized carbons (Fsp3) is 0.940. The SMILES string of the molecule is CCC(C)(C)C(=O)OC.CCC(C)(C)C(=O)OC(CF)C(F)(F)C(O)(OC(C)(F)C(F)(F)F)C(F)(F)F.CCC(C)(C)C(=O)OC1CC(C(O)(C(F)(F)F)C(F)(F)F)CC(C(O)(C(F)(F)F)C(F)(F)F)C1.OC(CC1CC2CCC1C2)(C(F)(F)F)C(F)(F)F. The third-order valence-corrected chi connectivity index (χ3v) is 16.2. The van der Waals surface area contributed by atoms with Gasteiger partial charge in [0.2, 0.25) is 0 Å². The molecular weight excluding hydrogens is 1310 g/mol. The topological polar surface area (TPSA) is 169 Å². The largest absolute Gasteiger partial charge is 0.469 e. The first-order valence-electron chi connectivity index (χ1n) is 26.2. The molecule has 0 radical (unpaired) electrons. The molecule has 3 rings (SSSR count). The summed E-state index contributed by atoms with van der Waals surface area (Å²) in [6.45, 7) is 9.80. The molecule has 89 heavy (non-hydrogen) atoms. The number of rotatable bonds is 17. The summed E-state index contributed by atoms with van der Waals surface area (Å²) in [6.07, 6.45) is -60.0. The van der Waals surface area contributed by atoms with Crippen LogP contribution in [0.1, 0.15) is 140 Å². The smallest absolute Gasteiger partial charge is 0.449 e. The van der Waals surface area contributed by atoms with Gasteiger partial charge in [0.15, 0.2) is 6.10 Å². The molecule has 4 N–H and O–H groups in total. The summed E-state index contributed by atoms with van der Waals surface area (Å²) in [5.74, 6) is -28.0. The van der Waals surface area contributed by atoms with Crippen molar-refractivity contribution in [1.82, 2.24) is 0 Å². The molecule has 0 spiro atoms. The van der Waals surface area contributed by atoms with Gasteiger partial charge in [0.1, 0.15) is 12.8 Å². The van der Waals surface area contributed by atoms with Crippen molar-refractivity contribution in [1.29, 1.82) is 0 Å². The Balaban J connectivity index is 0.00000126. The quantitative estimate of drug-likeness (QED) is 0.0473. The zero-order chi connectivity index (χ0) is 71.6. The van der Waals surface area contributed by atoms with E-state index in [1.54, 1.807) is 0 Å². The van der Waals surface area contributed by atoms with Crippen LogP contribution in [0.2, 0.25) is 0 Å². The number of carbonyl (C=O) groups is 3. The van der Waals surface area contributed by atoms with E-state index >= 15 is 0 Å². The fourth-order valence-electron chi connectivity index (χ4n) is 9.07. The van der Waals surface area contributed by atoms with Gasteiger partial charge in [-0.1, -0.05) is 27.2 Å². The molecule has 0 amide bonds. The number of esters is 3. The van der Waals surface area contributed by atoms with Crippen molar-refractivity contribution in [2.24, 2.45) is 45.8 Å². The Kier molecular flexibility index (Phi) is 26.9. The highest BCUT2D eigenvalue weighted by molar-refractivity contribution is 5.76. The lowest BCUT2D eigenvalue weighted by Crippen LogP contribution is -2.69. The first-order valence-corrected chi connectivity index (χ1v) is 26.2. The molecule has 3 saturated carbocycles. The van der Waals surface area contributed by atoms with E-state index in [1.807, 2.05) is 20.8 Å². The van der Waals surface area contributed by atoms with Crippen molar-refractivity contribution in [3.05, 3.63) is 0 Å². The van der Waals surface area contributed by atoms with E-state index in [-0.39, 0.29) is 36.1 Å². The van der Waals surface area contributed by atoms with Crippen molar-refractivity contribution in [3.8, 4) is 0 Å². The molecule has 3 fully saturated rings. The van der Waals surface area contributed by atoms with Gasteiger partial charge < -0.3 is 34.6 Å². The molecule has 3 aliphatic rings. The molecule has 0 heterocycles. The molecule has 2 bridgehead atoms. The molecular formula is C50H68F28O11. The number of carbonyl (C=O) groups excluding carboxylic acids is 3. The molecule has 39 heteroatoms. The number of hydrogen-bond acceptors (Lipinski definition) is 11. The van der Waals surface area contributed by atoms with Crippen LogP contribution in [-0.4, -0.2) is 148 Å². The number of fused-ring (bicyclic) bond motifs is 2. The maximum Gasteiger partial charge on any atom is 0.449 e. The van der Waals surface area contributed by atoms with Gasteiger partial charge >= 0.3 is 84.9 Å². The Morgan fingerprint density at radius 1 is 0.461 bits per heavy atom. The van der Waals surface area contributed by atoms with Crippen molar-refractivity contribution < 1.29 is 177 Å². The maximum atomic E-state index is 14.3. The molecule has 0 aromatic heterocycles. The maximum absolute atomic E-state index is 14.3. The molecule has 8 unspecified atom stereocenters. The number of aliphatic hydroxyl groups is 4. The van der Waals surface area contributed by atoms with Crippen molar-refractivity contribution in [2.45, 2.75) is 236 Å². The molecule has 11 nitrogen and oxygen atoms in total. The Morgan fingerprint density at radius 2 is 0.820 bits per heavy atom. The minimum absolute atomic E-state index is 0.0184. The predicted molar refractivity (Wildman–Crippen MR) is 248 cm³/mol. The molecule has 0 saturated heterocycles. The van der Waals surface area contributed by atoms with E-state index in [0.717, 1.165) is 26.7 Å². The third kappa shape index (κ3) is 18.8. The molecule has 0 aromatic carbocycles. The summed E-state index contributed by atoms with van der Waals surface area (Å²) >= 11 is 0. The average molecular weight is 1380 g/mol. The van der Waals surface area contributed by atoms with Crippen molar-refractivity contribution in [3.63, 3.8) is 0 Å². The monoisotopic (exact) mass is 1380 g/mol. The molecule has 0 aromatic rings. The summed E-state index contributed by atoms with van der Waals surface area (Å²) in [6, 6.07) is 0.